The molecule has 108 valence electrons. The molecule has 0 bridgehead atoms. The fourth-order valence-electron chi connectivity index (χ4n) is 1.84. The number of pyridine rings is 1. The van der Waals surface area contributed by atoms with E-state index in [-0.39, 0.29) is 4.90 Å². The van der Waals surface area contributed by atoms with Crippen molar-refractivity contribution >= 4 is 32.9 Å². The molecule has 0 aliphatic carbocycles. The van der Waals surface area contributed by atoms with E-state index in [2.05, 4.69) is 15.0 Å². The van der Waals surface area contributed by atoms with Gasteiger partial charge in [0.25, 0.3) is 10.1 Å². The first kappa shape index (κ1) is 14.1. The molecule has 8 heteroatoms. The van der Waals surface area contributed by atoms with Gasteiger partial charge in [-0.3, -0.25) is 4.55 Å². The fourth-order valence-corrected chi connectivity index (χ4v) is 3.07. The predicted octanol–water partition coefficient (Wildman–Crippen LogP) is 2.50. The normalized spacial score (nSPS) is 11.9. The van der Waals surface area contributed by atoms with Gasteiger partial charge in [0.1, 0.15) is 5.82 Å². The van der Waals surface area contributed by atoms with E-state index in [1.54, 1.807) is 12.3 Å². The Hall–Kier alpha value is -1.90. The van der Waals surface area contributed by atoms with Gasteiger partial charge < -0.3 is 4.98 Å². The molecule has 0 fully saturated rings. The van der Waals surface area contributed by atoms with Crippen molar-refractivity contribution in [3.8, 4) is 0 Å². The van der Waals surface area contributed by atoms with Crippen LogP contribution in [-0.2, 0) is 15.9 Å². The number of thioether (sulfide) groups is 1. The number of rotatable bonds is 4. The van der Waals surface area contributed by atoms with Gasteiger partial charge in [0, 0.05) is 6.20 Å². The largest absolute Gasteiger partial charge is 0.341 e. The van der Waals surface area contributed by atoms with Gasteiger partial charge in [-0.1, -0.05) is 17.8 Å². The lowest BCUT2D eigenvalue weighted by molar-refractivity contribution is 0.483. The molecule has 2 N–H and O–H groups in total. The Morgan fingerprint density at radius 2 is 2.10 bits per heavy atom. The summed E-state index contributed by atoms with van der Waals surface area (Å²) >= 11 is 1.53. The van der Waals surface area contributed by atoms with Gasteiger partial charge in [-0.15, -0.1) is 0 Å². The van der Waals surface area contributed by atoms with Gasteiger partial charge in [-0.25, -0.2) is 9.97 Å². The number of benzene rings is 1. The highest BCUT2D eigenvalue weighted by Gasteiger charge is 2.12. The Morgan fingerprint density at radius 1 is 1.24 bits per heavy atom. The highest BCUT2D eigenvalue weighted by molar-refractivity contribution is 7.98. The van der Waals surface area contributed by atoms with Crippen LogP contribution in [0.4, 0.5) is 0 Å². The lowest BCUT2D eigenvalue weighted by Crippen LogP contribution is -1.97. The van der Waals surface area contributed by atoms with Gasteiger partial charge in [0.15, 0.2) is 0 Å². The minimum absolute atomic E-state index is 0.162. The minimum Gasteiger partial charge on any atom is -0.341 e. The highest BCUT2D eigenvalue weighted by Crippen LogP contribution is 2.22. The van der Waals surface area contributed by atoms with E-state index < -0.39 is 10.1 Å². The maximum absolute atomic E-state index is 11.1. The molecular formula is C13H11N3O3S2. The number of hydrogen-bond acceptors (Lipinski definition) is 5. The summed E-state index contributed by atoms with van der Waals surface area (Å²) in [7, 11) is -4.21. The smallest absolute Gasteiger partial charge is 0.294 e. The van der Waals surface area contributed by atoms with E-state index in [1.165, 1.54) is 23.9 Å². The molecule has 0 saturated heterocycles. The van der Waals surface area contributed by atoms with E-state index in [4.69, 9.17) is 4.55 Å². The number of nitrogens with zero attached hydrogens (tertiary/aromatic N) is 2. The molecule has 1 aromatic carbocycles. The predicted molar refractivity (Wildman–Crippen MR) is 79.7 cm³/mol. The van der Waals surface area contributed by atoms with E-state index >= 15 is 0 Å². The summed E-state index contributed by atoms with van der Waals surface area (Å²) in [5, 5.41) is 0.886. The monoisotopic (exact) mass is 321 g/mol. The van der Waals surface area contributed by atoms with Gasteiger partial charge in [-0.05, 0) is 30.3 Å². The number of H-pyrrole nitrogens is 1. The van der Waals surface area contributed by atoms with Crippen molar-refractivity contribution in [1.29, 1.82) is 0 Å². The Kier molecular flexibility index (Phi) is 3.66. The van der Waals surface area contributed by atoms with E-state index in [0.29, 0.717) is 17.1 Å². The van der Waals surface area contributed by atoms with Crippen LogP contribution in [0.1, 0.15) is 5.82 Å². The Labute approximate surface area is 125 Å². The number of aromatic amines is 1. The maximum Gasteiger partial charge on any atom is 0.294 e. The second-order valence-electron chi connectivity index (χ2n) is 4.29. The third-order valence-corrected chi connectivity index (χ3v) is 4.60. The number of nitrogens with one attached hydrogen (secondary N) is 1. The quantitative estimate of drug-likeness (QED) is 0.566. The van der Waals surface area contributed by atoms with Crippen molar-refractivity contribution in [1.82, 2.24) is 15.0 Å². The number of fused-ring (bicyclic) bond motifs is 1. The summed E-state index contributed by atoms with van der Waals surface area (Å²) in [6.45, 7) is 0. The van der Waals surface area contributed by atoms with Gasteiger partial charge in [0.2, 0.25) is 0 Å². The molecule has 0 spiro atoms. The van der Waals surface area contributed by atoms with Crippen molar-refractivity contribution in [3.63, 3.8) is 0 Å². The SMILES string of the molecule is O=S(=O)(O)c1ccc2[nH]c(CSc3ccccn3)nc2c1. The number of aromatic nitrogens is 3. The molecule has 0 saturated carbocycles. The molecule has 2 heterocycles. The fraction of sp³-hybridized carbons (Fsp3) is 0.0769. The second-order valence-corrected chi connectivity index (χ2v) is 6.71. The molecule has 3 rings (SSSR count). The second kappa shape index (κ2) is 5.47. The van der Waals surface area contributed by atoms with E-state index in [9.17, 15) is 8.42 Å². The average molecular weight is 321 g/mol. The van der Waals surface area contributed by atoms with Crippen LogP contribution in [0.2, 0.25) is 0 Å². The summed E-state index contributed by atoms with van der Waals surface area (Å²) < 4.78 is 31.2. The zero-order chi connectivity index (χ0) is 14.9. The van der Waals surface area contributed by atoms with Crippen molar-refractivity contribution < 1.29 is 13.0 Å². The van der Waals surface area contributed by atoms with Crippen molar-refractivity contribution in [2.75, 3.05) is 0 Å². The molecule has 0 radical (unpaired) electrons. The minimum atomic E-state index is -4.21. The van der Waals surface area contributed by atoms with Crippen molar-refractivity contribution in [2.45, 2.75) is 15.7 Å². The lowest BCUT2D eigenvalue weighted by atomic mass is 10.3. The van der Waals surface area contributed by atoms with Crippen molar-refractivity contribution in [3.05, 3.63) is 48.4 Å². The summed E-state index contributed by atoms with van der Waals surface area (Å²) in [5.74, 6) is 1.31. The first-order valence-electron chi connectivity index (χ1n) is 6.02. The first-order valence-corrected chi connectivity index (χ1v) is 8.45. The Morgan fingerprint density at radius 3 is 2.81 bits per heavy atom. The van der Waals surface area contributed by atoms with Crippen LogP contribution in [0.15, 0.2) is 52.5 Å². The molecule has 0 atom stereocenters. The number of hydrogen-bond donors (Lipinski definition) is 2. The molecule has 0 aliphatic rings. The third-order valence-electron chi connectivity index (χ3n) is 2.80. The zero-order valence-corrected chi connectivity index (χ0v) is 12.4. The average Bonchev–Trinajstić information content (AvgIpc) is 2.87. The molecular weight excluding hydrogens is 310 g/mol. The molecule has 3 aromatic rings. The third kappa shape index (κ3) is 3.23. The van der Waals surface area contributed by atoms with Gasteiger partial charge in [0.05, 0.1) is 26.7 Å². The molecule has 0 unspecified atom stereocenters. The molecule has 21 heavy (non-hydrogen) atoms. The molecule has 0 amide bonds. The van der Waals surface area contributed by atoms with Crippen LogP contribution >= 0.6 is 11.8 Å². The van der Waals surface area contributed by atoms with Gasteiger partial charge in [-0.2, -0.15) is 8.42 Å². The van der Waals surface area contributed by atoms with Crippen LogP contribution in [-0.4, -0.2) is 27.9 Å². The van der Waals surface area contributed by atoms with Crippen LogP contribution < -0.4 is 0 Å². The summed E-state index contributed by atoms with van der Waals surface area (Å²) in [6.07, 6.45) is 1.72. The van der Waals surface area contributed by atoms with Crippen LogP contribution in [0.5, 0.6) is 0 Å². The topological polar surface area (TPSA) is 95.9 Å². The molecule has 0 aliphatic heterocycles. The Bertz CT molecular complexity index is 876. The zero-order valence-electron chi connectivity index (χ0n) is 10.7. The van der Waals surface area contributed by atoms with Crippen LogP contribution in [0.3, 0.4) is 0 Å². The maximum atomic E-state index is 11.1. The van der Waals surface area contributed by atoms with E-state index in [1.807, 2.05) is 18.2 Å². The van der Waals surface area contributed by atoms with Gasteiger partial charge >= 0.3 is 0 Å². The number of imidazole rings is 1. The van der Waals surface area contributed by atoms with Crippen LogP contribution in [0.25, 0.3) is 11.0 Å². The molecule has 6 nitrogen and oxygen atoms in total. The summed E-state index contributed by atoms with van der Waals surface area (Å²) in [5.41, 5.74) is 1.22. The summed E-state index contributed by atoms with van der Waals surface area (Å²) in [6, 6.07) is 9.93. The Balaban J connectivity index is 1.84. The first-order chi connectivity index (χ1) is 10.0. The van der Waals surface area contributed by atoms with E-state index in [0.717, 1.165) is 10.5 Å². The summed E-state index contributed by atoms with van der Waals surface area (Å²) in [4.78, 5) is 11.5. The van der Waals surface area contributed by atoms with Crippen molar-refractivity contribution in [2.24, 2.45) is 0 Å². The standard InChI is InChI=1S/C13H11N3O3S2/c17-21(18,19)9-4-5-10-11(7-9)16-12(15-10)8-20-13-3-1-2-6-14-13/h1-7H,8H2,(H,15,16)(H,17,18,19). The highest BCUT2D eigenvalue weighted by atomic mass is 32.2. The molecule has 2 aromatic heterocycles. The lowest BCUT2D eigenvalue weighted by Gasteiger charge is -1.96. The van der Waals surface area contributed by atoms with Crippen LogP contribution in [0, 0.1) is 0 Å².